The van der Waals surface area contributed by atoms with E-state index in [1.54, 1.807) is 31.2 Å². The van der Waals surface area contributed by atoms with E-state index in [4.69, 9.17) is 4.74 Å². The van der Waals surface area contributed by atoms with Crippen LogP contribution in [0.3, 0.4) is 0 Å². The highest BCUT2D eigenvalue weighted by Gasteiger charge is 2.28. The molecular formula is C21H21NO4S2. The first-order valence-corrected chi connectivity index (χ1v) is 11.2. The van der Waals surface area contributed by atoms with E-state index in [0.717, 1.165) is 22.2 Å². The maximum Gasteiger partial charge on any atom is 0.350 e. The fourth-order valence-corrected chi connectivity index (χ4v) is 5.27. The molecule has 0 aliphatic carbocycles. The van der Waals surface area contributed by atoms with E-state index in [1.165, 1.54) is 30.0 Å². The van der Waals surface area contributed by atoms with Gasteiger partial charge >= 0.3 is 5.97 Å². The molecule has 3 rings (SSSR count). The number of benzene rings is 2. The monoisotopic (exact) mass is 415 g/mol. The average molecular weight is 416 g/mol. The van der Waals surface area contributed by atoms with Crippen LogP contribution in [-0.2, 0) is 19.4 Å². The smallest absolute Gasteiger partial charge is 0.350 e. The number of para-hydroxylation sites is 1. The van der Waals surface area contributed by atoms with Gasteiger partial charge in [0.1, 0.15) is 0 Å². The lowest BCUT2D eigenvalue weighted by Crippen LogP contribution is -2.18. The normalized spacial score (nSPS) is 15.6. The summed E-state index contributed by atoms with van der Waals surface area (Å²) in [6.07, 6.45) is 3.01. The van der Waals surface area contributed by atoms with Crippen LogP contribution in [0.25, 0.3) is 0 Å². The van der Waals surface area contributed by atoms with Crippen LogP contribution in [-0.4, -0.2) is 27.5 Å². The topological polar surface area (TPSA) is 63.7 Å². The molecule has 146 valence electrons. The Morgan fingerprint density at radius 2 is 1.75 bits per heavy atom. The zero-order valence-electron chi connectivity index (χ0n) is 15.7. The lowest BCUT2D eigenvalue weighted by Gasteiger charge is -2.17. The highest BCUT2D eigenvalue weighted by molar-refractivity contribution is 8.03. The number of anilines is 1. The molecular weight excluding hydrogens is 394 g/mol. The number of rotatable bonds is 6. The van der Waals surface area contributed by atoms with Crippen molar-refractivity contribution in [3.05, 3.63) is 76.7 Å². The fraction of sp³-hybridized carbons (Fsp3) is 0.190. The van der Waals surface area contributed by atoms with Crippen LogP contribution >= 0.6 is 11.8 Å². The molecule has 0 saturated carbocycles. The van der Waals surface area contributed by atoms with E-state index in [9.17, 15) is 13.2 Å². The van der Waals surface area contributed by atoms with Crippen molar-refractivity contribution in [2.24, 2.45) is 0 Å². The van der Waals surface area contributed by atoms with E-state index in [0.29, 0.717) is 0 Å². The highest BCUT2D eigenvalue weighted by Crippen LogP contribution is 2.45. The van der Waals surface area contributed by atoms with Crippen LogP contribution in [0.2, 0.25) is 0 Å². The van der Waals surface area contributed by atoms with Crippen molar-refractivity contribution in [1.29, 1.82) is 0 Å². The highest BCUT2D eigenvalue weighted by atomic mass is 32.2. The first kappa shape index (κ1) is 20.2. The molecule has 0 saturated heterocycles. The maximum absolute atomic E-state index is 13.0. The van der Waals surface area contributed by atoms with Crippen LogP contribution < -0.4 is 4.90 Å². The van der Waals surface area contributed by atoms with Crippen LogP contribution in [0, 0.1) is 0 Å². The Labute approximate surface area is 169 Å². The summed E-state index contributed by atoms with van der Waals surface area (Å²) in [5, 5.41) is 0.855. The predicted molar refractivity (Wildman–Crippen MR) is 112 cm³/mol. The van der Waals surface area contributed by atoms with Crippen LogP contribution in [0.1, 0.15) is 13.8 Å². The lowest BCUT2D eigenvalue weighted by atomic mass is 10.3. The summed E-state index contributed by atoms with van der Waals surface area (Å²) in [7, 11) is -3.99. The molecule has 7 heteroatoms. The number of hydrogen-bond donors (Lipinski definition) is 0. The quantitative estimate of drug-likeness (QED) is 0.515. The molecule has 1 aliphatic heterocycles. The van der Waals surface area contributed by atoms with E-state index >= 15 is 0 Å². The molecule has 0 fully saturated rings. The van der Waals surface area contributed by atoms with E-state index in [2.05, 4.69) is 4.90 Å². The summed E-state index contributed by atoms with van der Waals surface area (Å²) in [4.78, 5) is 15.3. The number of carbonyl (C=O) groups excluding carboxylic acids is 1. The third kappa shape index (κ3) is 4.00. The SMILES string of the molecule is CCOC(=O)/C(=C/C=C1\Sc2ccccc2N1CC)S(=O)(=O)c1ccccc1. The Kier molecular flexibility index (Phi) is 6.26. The molecule has 2 aromatic carbocycles. The summed E-state index contributed by atoms with van der Waals surface area (Å²) in [6.45, 7) is 4.49. The molecule has 1 aliphatic rings. The molecule has 0 aromatic heterocycles. The first-order chi connectivity index (χ1) is 13.5. The van der Waals surface area contributed by atoms with Crippen LogP contribution in [0.15, 0.2) is 86.5 Å². The van der Waals surface area contributed by atoms with Crippen molar-refractivity contribution < 1.29 is 17.9 Å². The molecule has 0 spiro atoms. The summed E-state index contributed by atoms with van der Waals surface area (Å²) in [5.74, 6) is -0.855. The third-order valence-corrected chi connectivity index (χ3v) is 7.06. The van der Waals surface area contributed by atoms with Crippen molar-refractivity contribution in [3.8, 4) is 0 Å². The van der Waals surface area contributed by atoms with E-state index < -0.39 is 15.8 Å². The molecule has 0 unspecified atom stereocenters. The number of nitrogens with zero attached hydrogens (tertiary/aromatic N) is 1. The maximum atomic E-state index is 13.0. The second kappa shape index (κ2) is 8.67. The molecule has 0 amide bonds. The zero-order chi connectivity index (χ0) is 20.1. The van der Waals surface area contributed by atoms with Gasteiger partial charge in [-0.15, -0.1) is 0 Å². The number of hydrogen-bond acceptors (Lipinski definition) is 6. The average Bonchev–Trinajstić information content (AvgIpc) is 3.06. The number of thioether (sulfide) groups is 1. The molecule has 1 heterocycles. The van der Waals surface area contributed by atoms with Gasteiger partial charge < -0.3 is 9.64 Å². The van der Waals surface area contributed by atoms with E-state index in [1.807, 2.05) is 31.2 Å². The Hall–Kier alpha value is -2.51. The third-order valence-electron chi connectivity index (χ3n) is 4.15. The minimum absolute atomic E-state index is 0.0578. The molecule has 28 heavy (non-hydrogen) atoms. The molecule has 2 aromatic rings. The molecule has 0 bridgehead atoms. The van der Waals surface area contributed by atoms with Gasteiger partial charge in [0, 0.05) is 11.4 Å². The van der Waals surface area contributed by atoms with Gasteiger partial charge in [0.05, 0.1) is 22.2 Å². The molecule has 0 atom stereocenters. The second-order valence-corrected chi connectivity index (χ2v) is 8.87. The molecule has 0 N–H and O–H groups in total. The Bertz CT molecular complexity index is 1030. The van der Waals surface area contributed by atoms with Gasteiger partial charge in [0.2, 0.25) is 9.84 Å². The van der Waals surface area contributed by atoms with Gasteiger partial charge in [-0.2, -0.15) is 0 Å². The first-order valence-electron chi connectivity index (χ1n) is 8.92. The molecule has 0 radical (unpaired) electrons. The molecule has 5 nitrogen and oxygen atoms in total. The number of ether oxygens (including phenoxy) is 1. The number of carbonyl (C=O) groups is 1. The van der Waals surface area contributed by atoms with Crippen molar-refractivity contribution in [2.75, 3.05) is 18.1 Å². The number of esters is 1. The Morgan fingerprint density at radius 1 is 1.07 bits per heavy atom. The lowest BCUT2D eigenvalue weighted by molar-refractivity contribution is -0.137. The zero-order valence-corrected chi connectivity index (χ0v) is 17.3. The summed E-state index contributed by atoms with van der Waals surface area (Å²) in [6, 6.07) is 15.9. The Morgan fingerprint density at radius 3 is 2.43 bits per heavy atom. The Balaban J connectivity index is 2.04. The van der Waals surface area contributed by atoms with Crippen molar-refractivity contribution >= 4 is 33.3 Å². The van der Waals surface area contributed by atoms with Gasteiger partial charge in [0.15, 0.2) is 4.91 Å². The van der Waals surface area contributed by atoms with Gasteiger partial charge in [-0.1, -0.05) is 42.1 Å². The minimum Gasteiger partial charge on any atom is -0.462 e. The van der Waals surface area contributed by atoms with Gasteiger partial charge in [-0.25, -0.2) is 13.2 Å². The summed E-state index contributed by atoms with van der Waals surface area (Å²) >= 11 is 1.54. The summed E-state index contributed by atoms with van der Waals surface area (Å²) < 4.78 is 31.0. The van der Waals surface area contributed by atoms with Crippen molar-refractivity contribution in [3.63, 3.8) is 0 Å². The number of sulfone groups is 1. The van der Waals surface area contributed by atoms with Crippen LogP contribution in [0.5, 0.6) is 0 Å². The van der Waals surface area contributed by atoms with Crippen molar-refractivity contribution in [2.45, 2.75) is 23.6 Å². The van der Waals surface area contributed by atoms with Crippen molar-refractivity contribution in [1.82, 2.24) is 0 Å². The standard InChI is InChI=1S/C21H21NO4S2/c1-3-22-17-12-8-9-13-18(17)27-20(22)15-14-19(21(23)26-4-2)28(24,25)16-10-6-5-7-11-16/h5-15H,3-4H2,1-2H3/b19-14-,20-15-. The summed E-state index contributed by atoms with van der Waals surface area (Å²) in [5.41, 5.74) is 1.07. The fourth-order valence-electron chi connectivity index (χ4n) is 2.85. The van der Waals surface area contributed by atoms with E-state index in [-0.39, 0.29) is 16.4 Å². The van der Waals surface area contributed by atoms with Crippen LogP contribution in [0.4, 0.5) is 5.69 Å². The second-order valence-electron chi connectivity index (χ2n) is 5.89. The predicted octanol–water partition coefficient (Wildman–Crippen LogP) is 4.38. The van der Waals surface area contributed by atoms with Gasteiger partial charge in [0.25, 0.3) is 0 Å². The minimum atomic E-state index is -3.99. The van der Waals surface area contributed by atoms with Gasteiger partial charge in [-0.3, -0.25) is 0 Å². The van der Waals surface area contributed by atoms with Gasteiger partial charge in [-0.05, 0) is 50.3 Å². The number of fused-ring (bicyclic) bond motifs is 1. The largest absolute Gasteiger partial charge is 0.462 e. The number of allylic oxidation sites excluding steroid dienone is 2.